The van der Waals surface area contributed by atoms with Crippen LogP contribution in [0.2, 0.25) is 0 Å². The van der Waals surface area contributed by atoms with Crippen molar-refractivity contribution >= 4 is 0 Å². The van der Waals surface area contributed by atoms with Crippen LogP contribution in [0.3, 0.4) is 0 Å². The third-order valence-corrected chi connectivity index (χ3v) is 10.3. The van der Waals surface area contributed by atoms with Crippen LogP contribution in [-0.2, 0) is 4.74 Å². The quantitative estimate of drug-likeness (QED) is 0.698. The highest BCUT2D eigenvalue weighted by Crippen LogP contribution is 2.71. The summed E-state index contributed by atoms with van der Waals surface area (Å²) in [6, 6.07) is 0. The van der Waals surface area contributed by atoms with Gasteiger partial charge in [0.1, 0.15) is 5.60 Å². The smallest absolute Gasteiger partial charge is 0.101 e. The van der Waals surface area contributed by atoms with Crippen molar-refractivity contribution in [1.29, 1.82) is 0 Å². The van der Waals surface area contributed by atoms with Gasteiger partial charge in [0.15, 0.2) is 0 Å². The minimum atomic E-state index is -0.346. The second-order valence-electron chi connectivity index (χ2n) is 11.2. The van der Waals surface area contributed by atoms with Crippen LogP contribution >= 0.6 is 0 Å². The Bertz CT molecular complexity index is 588. The maximum Gasteiger partial charge on any atom is 0.101 e. The zero-order chi connectivity index (χ0) is 17.8. The molecule has 3 saturated carbocycles. The van der Waals surface area contributed by atoms with E-state index >= 15 is 0 Å². The zero-order valence-electron chi connectivity index (χ0n) is 16.4. The van der Waals surface area contributed by atoms with Gasteiger partial charge in [-0.15, -0.1) is 0 Å². The Morgan fingerprint density at radius 3 is 2.32 bits per heavy atom. The highest BCUT2D eigenvalue weighted by atomic mass is 16.5. The molecule has 5 aliphatic rings. The van der Waals surface area contributed by atoms with Crippen LogP contribution < -0.4 is 0 Å². The first-order valence-corrected chi connectivity index (χ1v) is 10.7. The van der Waals surface area contributed by atoms with Gasteiger partial charge in [0.2, 0.25) is 0 Å². The Morgan fingerprint density at radius 1 is 0.800 bits per heavy atom. The molecule has 3 heteroatoms. The van der Waals surface area contributed by atoms with Gasteiger partial charge in [-0.3, -0.25) is 0 Å². The van der Waals surface area contributed by atoms with Gasteiger partial charge >= 0.3 is 0 Å². The summed E-state index contributed by atoms with van der Waals surface area (Å²) >= 11 is 0. The molecule has 2 aliphatic heterocycles. The Morgan fingerprint density at radius 2 is 1.56 bits per heavy atom. The van der Waals surface area contributed by atoms with Crippen LogP contribution in [0.15, 0.2) is 0 Å². The second-order valence-corrected chi connectivity index (χ2v) is 11.2. The van der Waals surface area contributed by atoms with E-state index in [-0.39, 0.29) is 40.2 Å². The van der Waals surface area contributed by atoms with Crippen molar-refractivity contribution in [2.45, 2.75) is 103 Å². The first-order chi connectivity index (χ1) is 11.7. The van der Waals surface area contributed by atoms with E-state index in [0.717, 1.165) is 25.7 Å². The second kappa shape index (κ2) is 4.83. The molecule has 2 N–H and O–H groups in total. The maximum absolute atomic E-state index is 11.4. The number of fused-ring (bicyclic) bond motifs is 5. The molecule has 2 heterocycles. The van der Waals surface area contributed by atoms with Crippen LogP contribution in [0.1, 0.15) is 79.1 Å². The summed E-state index contributed by atoms with van der Waals surface area (Å²) in [5, 5.41) is 22.0. The fourth-order valence-corrected chi connectivity index (χ4v) is 8.58. The van der Waals surface area contributed by atoms with E-state index in [1.54, 1.807) is 0 Å². The van der Waals surface area contributed by atoms with Crippen molar-refractivity contribution in [3.05, 3.63) is 0 Å². The standard InChI is InChI=1S/C22H36O3/c1-19(2)17-9-11-21(4)15-8-10-20(3)14(5-6-16(20)23)13(15)7-12-22(21,25-17)18(19)24/h13-18,23-24H,5-12H2,1-4H3. The molecule has 25 heavy (non-hydrogen) atoms. The Kier molecular flexibility index (Phi) is 3.29. The highest BCUT2D eigenvalue weighted by molar-refractivity contribution is 5.22. The van der Waals surface area contributed by atoms with Crippen molar-refractivity contribution in [3.63, 3.8) is 0 Å². The fourth-order valence-electron chi connectivity index (χ4n) is 8.58. The lowest BCUT2D eigenvalue weighted by Gasteiger charge is -2.64. The average molecular weight is 349 g/mol. The lowest BCUT2D eigenvalue weighted by atomic mass is 9.44. The molecule has 5 fully saturated rings. The van der Waals surface area contributed by atoms with Gasteiger partial charge in [0.05, 0.1) is 18.3 Å². The molecule has 9 unspecified atom stereocenters. The number of aliphatic hydroxyl groups is 2. The first kappa shape index (κ1) is 17.0. The molecule has 0 aromatic heterocycles. The van der Waals surface area contributed by atoms with Gasteiger partial charge in [-0.25, -0.2) is 0 Å². The van der Waals surface area contributed by atoms with E-state index in [1.807, 2.05) is 0 Å². The minimum absolute atomic E-state index is 0.0917. The summed E-state index contributed by atoms with van der Waals surface area (Å²) in [6.07, 6.45) is 8.77. The first-order valence-electron chi connectivity index (χ1n) is 10.7. The minimum Gasteiger partial charge on any atom is -0.393 e. The SMILES string of the molecule is CC1(C)C2CCC3(C)C4CCC5(C)C(O)CCC5C4CCC3(O2)C1O. The molecular formula is C22H36O3. The molecule has 2 bridgehead atoms. The van der Waals surface area contributed by atoms with Crippen molar-refractivity contribution in [1.82, 2.24) is 0 Å². The van der Waals surface area contributed by atoms with Gasteiger partial charge in [0, 0.05) is 10.8 Å². The van der Waals surface area contributed by atoms with Crippen LogP contribution in [-0.4, -0.2) is 34.1 Å². The molecule has 2 saturated heterocycles. The lowest BCUT2D eigenvalue weighted by Crippen LogP contribution is -2.65. The van der Waals surface area contributed by atoms with Gasteiger partial charge in [-0.1, -0.05) is 27.7 Å². The maximum atomic E-state index is 11.4. The molecule has 0 radical (unpaired) electrons. The molecule has 0 aromatic carbocycles. The Hall–Kier alpha value is -0.120. The molecule has 142 valence electrons. The Labute approximate surface area is 152 Å². The summed E-state index contributed by atoms with van der Waals surface area (Å²) in [4.78, 5) is 0. The van der Waals surface area contributed by atoms with Crippen LogP contribution in [0.25, 0.3) is 0 Å². The summed E-state index contributed by atoms with van der Waals surface area (Å²) in [5.41, 5.74) is -0.231. The van der Waals surface area contributed by atoms with Crippen molar-refractivity contribution in [2.24, 2.45) is 34.0 Å². The normalized spacial score (nSPS) is 62.2. The summed E-state index contributed by atoms with van der Waals surface area (Å²) in [5.74, 6) is 2.02. The van der Waals surface area contributed by atoms with Crippen molar-refractivity contribution < 1.29 is 14.9 Å². The zero-order valence-corrected chi connectivity index (χ0v) is 16.4. The van der Waals surface area contributed by atoms with Gasteiger partial charge in [-0.2, -0.15) is 0 Å². The topological polar surface area (TPSA) is 49.7 Å². The van der Waals surface area contributed by atoms with E-state index < -0.39 is 0 Å². The van der Waals surface area contributed by atoms with E-state index in [0.29, 0.717) is 17.8 Å². The molecule has 3 aliphatic carbocycles. The number of hydrogen-bond acceptors (Lipinski definition) is 3. The number of ether oxygens (including phenoxy) is 1. The van der Waals surface area contributed by atoms with E-state index in [4.69, 9.17) is 4.74 Å². The van der Waals surface area contributed by atoms with Gasteiger partial charge < -0.3 is 14.9 Å². The predicted octanol–water partition coefficient (Wildman–Crippen LogP) is 3.91. The lowest BCUT2D eigenvalue weighted by molar-refractivity contribution is -0.253. The van der Waals surface area contributed by atoms with Crippen LogP contribution in [0, 0.1) is 34.0 Å². The molecule has 3 nitrogen and oxygen atoms in total. The summed E-state index contributed by atoms with van der Waals surface area (Å²) in [6.45, 7) is 9.21. The number of rotatable bonds is 0. The van der Waals surface area contributed by atoms with Crippen LogP contribution in [0.4, 0.5) is 0 Å². The average Bonchev–Trinajstić information content (AvgIpc) is 2.96. The van der Waals surface area contributed by atoms with E-state index in [9.17, 15) is 10.2 Å². The molecule has 5 rings (SSSR count). The van der Waals surface area contributed by atoms with E-state index in [2.05, 4.69) is 27.7 Å². The monoisotopic (exact) mass is 348 g/mol. The van der Waals surface area contributed by atoms with Crippen molar-refractivity contribution in [2.75, 3.05) is 0 Å². The number of hydrogen-bond donors (Lipinski definition) is 2. The molecular weight excluding hydrogens is 312 g/mol. The molecule has 0 aromatic rings. The van der Waals surface area contributed by atoms with E-state index in [1.165, 1.54) is 25.7 Å². The molecule has 1 spiro atoms. The Balaban J connectivity index is 1.54. The summed E-state index contributed by atoms with van der Waals surface area (Å²) < 4.78 is 6.73. The third kappa shape index (κ3) is 1.75. The number of aliphatic hydroxyl groups excluding tert-OH is 2. The van der Waals surface area contributed by atoms with Crippen molar-refractivity contribution in [3.8, 4) is 0 Å². The van der Waals surface area contributed by atoms with Crippen LogP contribution in [0.5, 0.6) is 0 Å². The molecule has 9 atom stereocenters. The van der Waals surface area contributed by atoms with Gasteiger partial charge in [-0.05, 0) is 74.5 Å². The summed E-state index contributed by atoms with van der Waals surface area (Å²) in [7, 11) is 0. The highest BCUT2D eigenvalue weighted by Gasteiger charge is 2.73. The predicted molar refractivity (Wildman–Crippen MR) is 97.0 cm³/mol. The molecule has 0 amide bonds. The fraction of sp³-hybridized carbons (Fsp3) is 1.00. The largest absolute Gasteiger partial charge is 0.393 e. The van der Waals surface area contributed by atoms with Gasteiger partial charge in [0.25, 0.3) is 0 Å². The third-order valence-electron chi connectivity index (χ3n) is 10.3.